The Kier molecular flexibility index (Phi) is 5.15. The van der Waals surface area contributed by atoms with E-state index in [1.54, 1.807) is 31.6 Å². The summed E-state index contributed by atoms with van der Waals surface area (Å²) in [5.74, 6) is 0.118. The highest BCUT2D eigenvalue weighted by molar-refractivity contribution is 7.92. The van der Waals surface area contributed by atoms with Crippen LogP contribution in [0.1, 0.15) is 40.3 Å². The Bertz CT molecular complexity index is 498. The van der Waals surface area contributed by atoms with Gasteiger partial charge in [0.15, 0.2) is 9.84 Å². The molecule has 0 saturated heterocycles. The molecule has 0 aliphatic heterocycles. The SMILES string of the molecule is CC(C)NCc1ccnn1CCS(=O)(=O)C(C)(C)C. The Labute approximate surface area is 116 Å². The van der Waals surface area contributed by atoms with Gasteiger partial charge in [0.25, 0.3) is 0 Å². The van der Waals surface area contributed by atoms with E-state index in [1.165, 1.54) is 0 Å². The fourth-order valence-corrected chi connectivity index (χ4v) is 2.56. The largest absolute Gasteiger partial charge is 0.309 e. The van der Waals surface area contributed by atoms with Gasteiger partial charge in [-0.1, -0.05) is 13.8 Å². The number of aromatic nitrogens is 2. The van der Waals surface area contributed by atoms with Crippen LogP contribution in [0, 0.1) is 0 Å². The van der Waals surface area contributed by atoms with Crippen molar-refractivity contribution in [1.29, 1.82) is 0 Å². The van der Waals surface area contributed by atoms with Gasteiger partial charge in [-0.3, -0.25) is 4.68 Å². The van der Waals surface area contributed by atoms with E-state index in [0.717, 1.165) is 5.69 Å². The fraction of sp³-hybridized carbons (Fsp3) is 0.769. The second kappa shape index (κ2) is 6.05. The minimum atomic E-state index is -3.10. The third kappa shape index (κ3) is 4.62. The molecule has 1 rings (SSSR count). The van der Waals surface area contributed by atoms with E-state index in [4.69, 9.17) is 0 Å². The maximum atomic E-state index is 12.1. The van der Waals surface area contributed by atoms with Crippen molar-refractivity contribution in [3.63, 3.8) is 0 Å². The first-order valence-corrected chi connectivity index (χ1v) is 8.25. The molecular weight excluding hydrogens is 262 g/mol. The summed E-state index contributed by atoms with van der Waals surface area (Å²) < 4.78 is 25.2. The van der Waals surface area contributed by atoms with Crippen molar-refractivity contribution in [3.05, 3.63) is 18.0 Å². The standard InChI is InChI=1S/C13H25N3O2S/c1-11(2)14-10-12-6-7-15-16(12)8-9-19(17,18)13(3,4)5/h6-7,11,14H,8-10H2,1-5H3. The highest BCUT2D eigenvalue weighted by atomic mass is 32.2. The van der Waals surface area contributed by atoms with Crippen LogP contribution in [-0.4, -0.2) is 34.7 Å². The molecule has 1 N–H and O–H groups in total. The van der Waals surface area contributed by atoms with Crippen LogP contribution in [0.5, 0.6) is 0 Å². The predicted molar refractivity (Wildman–Crippen MR) is 77.7 cm³/mol. The molecular formula is C13H25N3O2S. The average molecular weight is 287 g/mol. The summed E-state index contributed by atoms with van der Waals surface area (Å²) in [7, 11) is -3.10. The number of nitrogens with zero attached hydrogens (tertiary/aromatic N) is 2. The van der Waals surface area contributed by atoms with Crippen LogP contribution in [0.4, 0.5) is 0 Å². The molecule has 0 bridgehead atoms. The highest BCUT2D eigenvalue weighted by Crippen LogP contribution is 2.16. The topological polar surface area (TPSA) is 64.0 Å². The van der Waals surface area contributed by atoms with Gasteiger partial charge < -0.3 is 5.32 Å². The number of rotatable bonds is 6. The van der Waals surface area contributed by atoms with E-state index < -0.39 is 14.6 Å². The second-order valence-corrected chi connectivity index (χ2v) is 8.88. The van der Waals surface area contributed by atoms with Gasteiger partial charge in [-0.2, -0.15) is 5.10 Å². The lowest BCUT2D eigenvalue weighted by molar-refractivity contribution is 0.526. The number of hydrogen-bond acceptors (Lipinski definition) is 4. The summed E-state index contributed by atoms with van der Waals surface area (Å²) in [4.78, 5) is 0. The number of sulfone groups is 1. The zero-order valence-corrected chi connectivity index (χ0v) is 13.3. The summed E-state index contributed by atoms with van der Waals surface area (Å²) in [5.41, 5.74) is 1.01. The van der Waals surface area contributed by atoms with Crippen molar-refractivity contribution in [2.75, 3.05) is 5.75 Å². The fourth-order valence-electron chi connectivity index (χ4n) is 1.53. The molecule has 0 amide bonds. The van der Waals surface area contributed by atoms with Crippen molar-refractivity contribution in [3.8, 4) is 0 Å². The first kappa shape index (κ1) is 16.2. The summed E-state index contributed by atoms with van der Waals surface area (Å²) in [6, 6.07) is 2.31. The first-order chi connectivity index (χ1) is 8.63. The van der Waals surface area contributed by atoms with Crippen LogP contribution in [0.2, 0.25) is 0 Å². The molecule has 0 aliphatic rings. The zero-order chi connectivity index (χ0) is 14.7. The maximum absolute atomic E-state index is 12.1. The molecule has 0 saturated carbocycles. The molecule has 19 heavy (non-hydrogen) atoms. The molecule has 0 spiro atoms. The normalized spacial score (nSPS) is 13.2. The van der Waals surface area contributed by atoms with E-state index in [2.05, 4.69) is 24.3 Å². The minimum absolute atomic E-state index is 0.118. The van der Waals surface area contributed by atoms with Gasteiger partial charge in [-0.05, 0) is 26.8 Å². The van der Waals surface area contributed by atoms with Gasteiger partial charge >= 0.3 is 0 Å². The predicted octanol–water partition coefficient (Wildman–Crippen LogP) is 1.59. The van der Waals surface area contributed by atoms with Crippen LogP contribution in [0.25, 0.3) is 0 Å². The minimum Gasteiger partial charge on any atom is -0.309 e. The summed E-state index contributed by atoms with van der Waals surface area (Å²) in [6.07, 6.45) is 1.71. The monoisotopic (exact) mass is 287 g/mol. The Balaban J connectivity index is 2.67. The smallest absolute Gasteiger partial charge is 0.157 e. The molecule has 0 atom stereocenters. The Morgan fingerprint density at radius 2 is 2.00 bits per heavy atom. The molecule has 0 aromatic carbocycles. The number of hydrogen-bond donors (Lipinski definition) is 1. The average Bonchev–Trinajstić information content (AvgIpc) is 2.69. The Morgan fingerprint density at radius 1 is 1.37 bits per heavy atom. The molecule has 1 aromatic heterocycles. The Morgan fingerprint density at radius 3 is 2.53 bits per heavy atom. The van der Waals surface area contributed by atoms with E-state index in [0.29, 0.717) is 19.1 Å². The van der Waals surface area contributed by atoms with Gasteiger partial charge in [0.1, 0.15) is 0 Å². The lowest BCUT2D eigenvalue weighted by Gasteiger charge is -2.19. The van der Waals surface area contributed by atoms with E-state index in [-0.39, 0.29) is 5.75 Å². The zero-order valence-electron chi connectivity index (χ0n) is 12.5. The molecule has 0 radical (unpaired) electrons. The molecule has 0 unspecified atom stereocenters. The third-order valence-corrected chi connectivity index (χ3v) is 5.59. The molecule has 110 valence electrons. The first-order valence-electron chi connectivity index (χ1n) is 6.60. The summed E-state index contributed by atoms with van der Waals surface area (Å²) in [5, 5.41) is 7.50. The molecule has 1 heterocycles. The van der Waals surface area contributed by atoms with Gasteiger partial charge in [0.2, 0.25) is 0 Å². The number of aryl methyl sites for hydroxylation is 1. The summed E-state index contributed by atoms with van der Waals surface area (Å²) >= 11 is 0. The van der Waals surface area contributed by atoms with E-state index in [9.17, 15) is 8.42 Å². The third-order valence-electron chi connectivity index (χ3n) is 3.00. The molecule has 5 nitrogen and oxygen atoms in total. The van der Waals surface area contributed by atoms with Crippen molar-refractivity contribution in [1.82, 2.24) is 15.1 Å². The molecule has 1 aromatic rings. The lowest BCUT2D eigenvalue weighted by atomic mass is 10.3. The molecule has 0 aliphatic carbocycles. The summed E-state index contributed by atoms with van der Waals surface area (Å²) in [6.45, 7) is 10.4. The van der Waals surface area contributed by atoms with Gasteiger partial charge in [-0.25, -0.2) is 8.42 Å². The van der Waals surface area contributed by atoms with Crippen molar-refractivity contribution < 1.29 is 8.42 Å². The van der Waals surface area contributed by atoms with Gasteiger partial charge in [0.05, 0.1) is 22.7 Å². The second-order valence-electron chi connectivity index (χ2n) is 6.01. The van der Waals surface area contributed by atoms with Gasteiger partial charge in [-0.15, -0.1) is 0 Å². The lowest BCUT2D eigenvalue weighted by Crippen LogP contribution is -2.32. The number of nitrogens with one attached hydrogen (secondary N) is 1. The van der Waals surface area contributed by atoms with Crippen molar-refractivity contribution in [2.24, 2.45) is 0 Å². The molecule has 6 heteroatoms. The van der Waals surface area contributed by atoms with E-state index >= 15 is 0 Å². The highest BCUT2D eigenvalue weighted by Gasteiger charge is 2.28. The van der Waals surface area contributed by atoms with Crippen LogP contribution < -0.4 is 5.32 Å². The van der Waals surface area contributed by atoms with Gasteiger partial charge in [0, 0.05) is 18.8 Å². The molecule has 0 fully saturated rings. The quantitative estimate of drug-likeness (QED) is 0.863. The van der Waals surface area contributed by atoms with Crippen molar-refractivity contribution >= 4 is 9.84 Å². The van der Waals surface area contributed by atoms with Crippen LogP contribution in [0.15, 0.2) is 12.3 Å². The maximum Gasteiger partial charge on any atom is 0.157 e. The van der Waals surface area contributed by atoms with Crippen LogP contribution in [0.3, 0.4) is 0 Å². The van der Waals surface area contributed by atoms with Crippen LogP contribution in [-0.2, 0) is 22.9 Å². The van der Waals surface area contributed by atoms with Crippen molar-refractivity contribution in [2.45, 2.75) is 58.5 Å². The Hall–Kier alpha value is -0.880. The van der Waals surface area contributed by atoms with E-state index in [1.807, 2.05) is 6.07 Å². The van der Waals surface area contributed by atoms with Crippen LogP contribution >= 0.6 is 0 Å².